The Kier molecular flexibility index (Phi) is 5.00. The van der Waals surface area contributed by atoms with Gasteiger partial charge < -0.3 is 16.4 Å². The molecule has 0 aliphatic heterocycles. The minimum atomic E-state index is 0.241. The van der Waals surface area contributed by atoms with Gasteiger partial charge in [-0.2, -0.15) is 9.97 Å². The lowest BCUT2D eigenvalue weighted by Crippen LogP contribution is -2.34. The van der Waals surface area contributed by atoms with Crippen LogP contribution in [-0.4, -0.2) is 22.6 Å². The van der Waals surface area contributed by atoms with Crippen molar-refractivity contribution in [1.29, 1.82) is 0 Å². The second-order valence-corrected chi connectivity index (χ2v) is 4.31. The van der Waals surface area contributed by atoms with Gasteiger partial charge in [0.05, 0.1) is 0 Å². The topological polar surface area (TPSA) is 81.1 Å². The van der Waals surface area contributed by atoms with E-state index < -0.39 is 0 Å². The fourth-order valence-electron chi connectivity index (χ4n) is 1.73. The van der Waals surface area contributed by atoms with Crippen LogP contribution in [0.15, 0.2) is 6.07 Å². The molecular formula is C12H23N5. The highest BCUT2D eigenvalue weighted by atomic mass is 15.2. The minimum Gasteiger partial charge on any atom is -0.383 e. The standard InChI is InChI=1S/C12H23N5/c1-4-6-7-17(9(3)5-2)11-8-10(13)15-12(14)16-11/h8-9H,4-7H2,1-3H3,(H4,13,14,15,16). The van der Waals surface area contributed by atoms with E-state index in [9.17, 15) is 0 Å². The van der Waals surface area contributed by atoms with Gasteiger partial charge in [0, 0.05) is 18.7 Å². The average molecular weight is 237 g/mol. The molecule has 4 N–H and O–H groups in total. The number of hydrogen-bond acceptors (Lipinski definition) is 5. The van der Waals surface area contributed by atoms with Gasteiger partial charge >= 0.3 is 0 Å². The van der Waals surface area contributed by atoms with E-state index in [0.717, 1.165) is 31.6 Å². The third-order valence-corrected chi connectivity index (χ3v) is 2.92. The zero-order chi connectivity index (χ0) is 12.8. The molecule has 0 aromatic carbocycles. The highest BCUT2D eigenvalue weighted by Gasteiger charge is 2.15. The maximum atomic E-state index is 5.71. The zero-order valence-electron chi connectivity index (χ0n) is 11.0. The molecule has 0 bridgehead atoms. The molecule has 0 aliphatic rings. The van der Waals surface area contributed by atoms with Crippen molar-refractivity contribution in [1.82, 2.24) is 9.97 Å². The molecule has 0 saturated heterocycles. The van der Waals surface area contributed by atoms with Crippen LogP contribution in [0.1, 0.15) is 40.0 Å². The molecule has 1 atom stereocenters. The third kappa shape index (κ3) is 3.76. The van der Waals surface area contributed by atoms with Gasteiger partial charge in [-0.15, -0.1) is 0 Å². The first kappa shape index (κ1) is 13.5. The Morgan fingerprint density at radius 1 is 1.29 bits per heavy atom. The van der Waals surface area contributed by atoms with Gasteiger partial charge in [0.2, 0.25) is 5.95 Å². The number of aromatic nitrogens is 2. The van der Waals surface area contributed by atoms with Crippen LogP contribution in [0.4, 0.5) is 17.6 Å². The van der Waals surface area contributed by atoms with Gasteiger partial charge in [-0.05, 0) is 19.8 Å². The van der Waals surface area contributed by atoms with Crippen molar-refractivity contribution >= 4 is 17.6 Å². The normalized spacial score (nSPS) is 12.4. The predicted octanol–water partition coefficient (Wildman–Crippen LogP) is 2.05. The molecule has 5 heteroatoms. The molecule has 0 radical (unpaired) electrons. The molecule has 0 spiro atoms. The van der Waals surface area contributed by atoms with Crippen molar-refractivity contribution in [2.75, 3.05) is 22.9 Å². The summed E-state index contributed by atoms with van der Waals surface area (Å²) in [5.74, 6) is 1.50. The smallest absolute Gasteiger partial charge is 0.223 e. The molecule has 1 unspecified atom stereocenters. The molecule has 1 heterocycles. The Bertz CT molecular complexity index is 332. The van der Waals surface area contributed by atoms with Crippen LogP contribution in [0.25, 0.3) is 0 Å². The molecule has 0 fully saturated rings. The van der Waals surface area contributed by atoms with Crippen LogP contribution in [-0.2, 0) is 0 Å². The summed E-state index contributed by atoms with van der Waals surface area (Å²) in [5, 5.41) is 0. The lowest BCUT2D eigenvalue weighted by Gasteiger charge is -2.29. The van der Waals surface area contributed by atoms with Crippen molar-refractivity contribution in [3.05, 3.63) is 6.07 Å². The molecule has 0 saturated carbocycles. The highest BCUT2D eigenvalue weighted by Crippen LogP contribution is 2.19. The van der Waals surface area contributed by atoms with Crippen molar-refractivity contribution in [3.63, 3.8) is 0 Å². The fourth-order valence-corrected chi connectivity index (χ4v) is 1.73. The number of nitrogens with zero attached hydrogens (tertiary/aromatic N) is 3. The van der Waals surface area contributed by atoms with Gasteiger partial charge in [-0.3, -0.25) is 0 Å². The van der Waals surface area contributed by atoms with E-state index in [-0.39, 0.29) is 5.95 Å². The number of hydrogen-bond donors (Lipinski definition) is 2. The van der Waals surface area contributed by atoms with E-state index in [2.05, 4.69) is 35.6 Å². The summed E-state index contributed by atoms with van der Waals surface area (Å²) in [5.41, 5.74) is 11.3. The van der Waals surface area contributed by atoms with Gasteiger partial charge in [-0.1, -0.05) is 20.3 Å². The Morgan fingerprint density at radius 2 is 2.00 bits per heavy atom. The van der Waals surface area contributed by atoms with Crippen LogP contribution in [0.2, 0.25) is 0 Å². The van der Waals surface area contributed by atoms with Gasteiger partial charge in [0.25, 0.3) is 0 Å². The van der Waals surface area contributed by atoms with Crippen LogP contribution >= 0.6 is 0 Å². The Labute approximate surface area is 103 Å². The maximum absolute atomic E-state index is 5.71. The molecule has 96 valence electrons. The molecule has 0 aliphatic carbocycles. The van der Waals surface area contributed by atoms with E-state index in [1.807, 2.05) is 0 Å². The first-order valence-corrected chi connectivity index (χ1v) is 6.25. The van der Waals surface area contributed by atoms with E-state index in [1.54, 1.807) is 6.07 Å². The summed E-state index contributed by atoms with van der Waals surface area (Å²) in [6, 6.07) is 2.22. The molecular weight excluding hydrogens is 214 g/mol. The fraction of sp³-hybridized carbons (Fsp3) is 0.667. The summed E-state index contributed by atoms with van der Waals surface area (Å²) in [7, 11) is 0. The summed E-state index contributed by atoms with van der Waals surface area (Å²) in [6.07, 6.45) is 3.35. The van der Waals surface area contributed by atoms with Crippen LogP contribution in [0.5, 0.6) is 0 Å². The number of anilines is 3. The van der Waals surface area contributed by atoms with Crippen molar-refractivity contribution in [2.45, 2.75) is 46.1 Å². The Morgan fingerprint density at radius 3 is 2.53 bits per heavy atom. The van der Waals surface area contributed by atoms with Crippen molar-refractivity contribution in [2.24, 2.45) is 0 Å². The molecule has 0 amide bonds. The summed E-state index contributed by atoms with van der Waals surface area (Å²) >= 11 is 0. The van der Waals surface area contributed by atoms with E-state index in [0.29, 0.717) is 11.9 Å². The Hall–Kier alpha value is -1.52. The summed E-state index contributed by atoms with van der Waals surface area (Å²) < 4.78 is 0. The highest BCUT2D eigenvalue weighted by molar-refractivity contribution is 5.50. The number of nitrogen functional groups attached to an aromatic ring is 2. The van der Waals surface area contributed by atoms with Crippen LogP contribution in [0.3, 0.4) is 0 Å². The average Bonchev–Trinajstić information content (AvgIpc) is 2.28. The van der Waals surface area contributed by atoms with Crippen LogP contribution in [0, 0.1) is 0 Å². The maximum Gasteiger partial charge on any atom is 0.223 e. The van der Waals surface area contributed by atoms with E-state index in [1.165, 1.54) is 0 Å². The lowest BCUT2D eigenvalue weighted by molar-refractivity contribution is 0.589. The van der Waals surface area contributed by atoms with E-state index >= 15 is 0 Å². The molecule has 1 rings (SSSR count). The predicted molar refractivity (Wildman–Crippen MR) is 72.9 cm³/mol. The van der Waals surface area contributed by atoms with Gasteiger partial charge in [0.1, 0.15) is 11.6 Å². The lowest BCUT2D eigenvalue weighted by atomic mass is 10.2. The Balaban J connectivity index is 2.94. The first-order valence-electron chi connectivity index (χ1n) is 6.25. The third-order valence-electron chi connectivity index (χ3n) is 2.92. The molecule has 1 aromatic heterocycles. The number of rotatable bonds is 6. The number of nitrogens with two attached hydrogens (primary N) is 2. The summed E-state index contributed by atoms with van der Waals surface area (Å²) in [4.78, 5) is 10.4. The van der Waals surface area contributed by atoms with Crippen LogP contribution < -0.4 is 16.4 Å². The van der Waals surface area contributed by atoms with E-state index in [4.69, 9.17) is 11.5 Å². The quantitative estimate of drug-likeness (QED) is 0.791. The van der Waals surface area contributed by atoms with Crippen molar-refractivity contribution < 1.29 is 0 Å². The zero-order valence-corrected chi connectivity index (χ0v) is 11.0. The molecule has 1 aromatic rings. The SMILES string of the molecule is CCCCN(c1cc(N)nc(N)n1)C(C)CC. The largest absolute Gasteiger partial charge is 0.383 e. The molecule has 17 heavy (non-hydrogen) atoms. The van der Waals surface area contributed by atoms with Gasteiger partial charge in [0.15, 0.2) is 0 Å². The monoisotopic (exact) mass is 237 g/mol. The first-order chi connectivity index (χ1) is 8.08. The summed E-state index contributed by atoms with van der Waals surface area (Å²) in [6.45, 7) is 7.50. The number of unbranched alkanes of at least 4 members (excludes halogenated alkanes) is 1. The second kappa shape index (κ2) is 6.27. The van der Waals surface area contributed by atoms with Crippen molar-refractivity contribution in [3.8, 4) is 0 Å². The van der Waals surface area contributed by atoms with Gasteiger partial charge in [-0.25, -0.2) is 0 Å². The second-order valence-electron chi connectivity index (χ2n) is 4.31. The minimum absolute atomic E-state index is 0.241. The molecule has 5 nitrogen and oxygen atoms in total.